The molecule has 0 atom stereocenters. The molecule has 0 bridgehead atoms. The molecule has 3 rings (SSSR count). The number of aliphatic imine (C=N–C) groups is 1. The van der Waals surface area contributed by atoms with Crippen molar-refractivity contribution in [3.8, 4) is 10.6 Å². The van der Waals surface area contributed by atoms with Crippen molar-refractivity contribution in [3.05, 3.63) is 70.0 Å². The molecule has 0 amide bonds. The van der Waals surface area contributed by atoms with Crippen molar-refractivity contribution in [2.24, 2.45) is 10.7 Å². The number of para-hydroxylation sites is 1. The van der Waals surface area contributed by atoms with E-state index in [0.29, 0.717) is 10.6 Å². The van der Waals surface area contributed by atoms with Crippen LogP contribution in [0.5, 0.6) is 0 Å². The molecule has 3 aromatic rings. The van der Waals surface area contributed by atoms with Crippen LogP contribution in [0.1, 0.15) is 5.01 Å². The van der Waals surface area contributed by atoms with Gasteiger partial charge >= 0.3 is 5.97 Å². The van der Waals surface area contributed by atoms with Crippen LogP contribution in [0.4, 0.5) is 5.69 Å². The Morgan fingerprint density at radius 3 is 2.48 bits per heavy atom. The van der Waals surface area contributed by atoms with E-state index in [1.54, 1.807) is 36.4 Å². The molecule has 1 aromatic heterocycles. The predicted molar refractivity (Wildman–Crippen MR) is 118 cm³/mol. The fourth-order valence-electron chi connectivity index (χ4n) is 2.39. The zero-order chi connectivity index (χ0) is 22.8. The number of allylic oxidation sites excluding steroid dienone is 1. The Kier molecular flexibility index (Phi) is 6.39. The minimum atomic E-state index is -3.43. The van der Waals surface area contributed by atoms with E-state index in [1.165, 1.54) is 12.1 Å². The highest BCUT2D eigenvalue weighted by atomic mass is 35.5. The molecule has 0 saturated heterocycles. The predicted octanol–water partition coefficient (Wildman–Crippen LogP) is 3.20. The van der Waals surface area contributed by atoms with Crippen molar-refractivity contribution in [1.29, 1.82) is 0 Å². The molecule has 12 heteroatoms. The van der Waals surface area contributed by atoms with Gasteiger partial charge in [-0.2, -0.15) is 0 Å². The molecule has 0 radical (unpaired) electrons. The molecule has 4 N–H and O–H groups in total. The Bertz CT molecular complexity index is 1330. The molecule has 0 aliphatic heterocycles. The van der Waals surface area contributed by atoms with Crippen molar-refractivity contribution in [2.75, 3.05) is 6.26 Å². The monoisotopic (exact) mass is 478 g/mol. The first kappa shape index (κ1) is 22.4. The van der Waals surface area contributed by atoms with E-state index < -0.39 is 27.3 Å². The third kappa shape index (κ3) is 5.08. The van der Waals surface area contributed by atoms with Gasteiger partial charge in [-0.05, 0) is 24.3 Å². The summed E-state index contributed by atoms with van der Waals surface area (Å²) in [6.07, 6.45) is 1.09. The van der Waals surface area contributed by atoms with Crippen molar-refractivity contribution in [3.63, 3.8) is 0 Å². The number of aliphatic hydroxyl groups is 1. The van der Waals surface area contributed by atoms with Crippen LogP contribution < -0.4 is 5.73 Å². The van der Waals surface area contributed by atoms with Crippen LogP contribution in [0.25, 0.3) is 10.6 Å². The van der Waals surface area contributed by atoms with Gasteiger partial charge in [-0.15, -0.1) is 10.2 Å². The van der Waals surface area contributed by atoms with Gasteiger partial charge in [0, 0.05) is 11.8 Å². The summed E-state index contributed by atoms with van der Waals surface area (Å²) in [4.78, 5) is 15.6. The number of benzene rings is 2. The Labute approximate surface area is 186 Å². The van der Waals surface area contributed by atoms with Gasteiger partial charge in [0.15, 0.2) is 26.3 Å². The number of aromatic nitrogens is 2. The van der Waals surface area contributed by atoms with Crippen molar-refractivity contribution < 1.29 is 23.4 Å². The molecule has 0 saturated carbocycles. The van der Waals surface area contributed by atoms with E-state index >= 15 is 0 Å². The first-order chi connectivity index (χ1) is 14.6. The Morgan fingerprint density at radius 1 is 1.13 bits per heavy atom. The Hall–Kier alpha value is -3.28. The van der Waals surface area contributed by atoms with Crippen LogP contribution in [0, 0.1) is 0 Å². The van der Waals surface area contributed by atoms with Crippen LogP contribution in [0.15, 0.2) is 69.9 Å². The molecule has 9 nitrogen and oxygen atoms in total. The average Bonchev–Trinajstić information content (AvgIpc) is 3.21. The number of hydrogen-bond donors (Lipinski definition) is 3. The van der Waals surface area contributed by atoms with Gasteiger partial charge < -0.3 is 15.9 Å². The number of aliphatic hydroxyl groups excluding tert-OH is 1. The summed E-state index contributed by atoms with van der Waals surface area (Å²) in [5.41, 5.74) is 5.13. The molecule has 0 aliphatic carbocycles. The topological polar surface area (TPSA) is 156 Å². The Balaban J connectivity index is 2.15. The summed E-state index contributed by atoms with van der Waals surface area (Å²) in [6.45, 7) is 0. The number of carboxylic acid groups (broad SMARTS) is 1. The van der Waals surface area contributed by atoms with Crippen LogP contribution in [0.2, 0.25) is 5.02 Å². The lowest BCUT2D eigenvalue weighted by molar-refractivity contribution is -0.132. The molecular weight excluding hydrogens is 464 g/mol. The summed E-state index contributed by atoms with van der Waals surface area (Å²) >= 11 is 7.08. The zero-order valence-corrected chi connectivity index (χ0v) is 18.2. The molecule has 0 fully saturated rings. The lowest BCUT2D eigenvalue weighted by Gasteiger charge is -2.05. The maximum atomic E-state index is 11.8. The highest BCUT2D eigenvalue weighted by molar-refractivity contribution is 7.90. The third-order valence-electron chi connectivity index (χ3n) is 3.93. The third-order valence-corrected chi connectivity index (χ3v) is 6.34. The zero-order valence-electron chi connectivity index (χ0n) is 15.9. The second-order valence-electron chi connectivity index (χ2n) is 6.19. The molecule has 31 heavy (non-hydrogen) atoms. The summed E-state index contributed by atoms with van der Waals surface area (Å²) in [6, 6.07) is 12.6. The first-order valence-corrected chi connectivity index (χ1v) is 11.6. The van der Waals surface area contributed by atoms with Crippen molar-refractivity contribution >= 4 is 50.1 Å². The van der Waals surface area contributed by atoms with Gasteiger partial charge in [0.05, 0.1) is 15.6 Å². The minimum Gasteiger partial charge on any atom is -0.504 e. The normalized spacial score (nSPS) is 13.0. The summed E-state index contributed by atoms with van der Waals surface area (Å²) in [7, 11) is -3.43. The number of sulfone groups is 1. The molecule has 0 aliphatic rings. The van der Waals surface area contributed by atoms with Gasteiger partial charge in [-0.1, -0.05) is 47.2 Å². The second kappa shape index (κ2) is 8.84. The summed E-state index contributed by atoms with van der Waals surface area (Å²) < 4.78 is 23.6. The average molecular weight is 479 g/mol. The maximum Gasteiger partial charge on any atom is 0.355 e. The largest absolute Gasteiger partial charge is 0.504 e. The van der Waals surface area contributed by atoms with Crippen LogP contribution in [0.3, 0.4) is 0 Å². The molecule has 1 heterocycles. The number of rotatable bonds is 6. The van der Waals surface area contributed by atoms with E-state index in [4.69, 9.17) is 22.4 Å². The van der Waals surface area contributed by atoms with Gasteiger partial charge in [-0.3, -0.25) is 0 Å². The van der Waals surface area contributed by atoms with E-state index in [9.17, 15) is 18.3 Å². The summed E-state index contributed by atoms with van der Waals surface area (Å²) in [5, 5.41) is 28.2. The maximum absolute atomic E-state index is 11.8. The fourth-order valence-corrected chi connectivity index (χ4v) is 4.06. The van der Waals surface area contributed by atoms with Crippen LogP contribution in [-0.2, 0) is 14.6 Å². The summed E-state index contributed by atoms with van der Waals surface area (Å²) in [5.74, 6) is -2.35. The number of hydrogen-bond acceptors (Lipinski definition) is 9. The number of halogens is 1. The van der Waals surface area contributed by atoms with E-state index in [-0.39, 0.29) is 26.3 Å². The van der Waals surface area contributed by atoms with Gasteiger partial charge in [0.1, 0.15) is 10.7 Å². The van der Waals surface area contributed by atoms with Crippen molar-refractivity contribution in [2.45, 2.75) is 4.90 Å². The highest BCUT2D eigenvalue weighted by Crippen LogP contribution is 2.30. The fraction of sp³-hybridized carbons (Fsp3) is 0.0526. The minimum absolute atomic E-state index is 0.0568. The van der Waals surface area contributed by atoms with Crippen LogP contribution >= 0.6 is 22.9 Å². The first-order valence-electron chi connectivity index (χ1n) is 8.48. The quantitative estimate of drug-likeness (QED) is 0.277. The van der Waals surface area contributed by atoms with Gasteiger partial charge in [0.2, 0.25) is 0 Å². The van der Waals surface area contributed by atoms with Crippen LogP contribution in [-0.4, -0.2) is 46.8 Å². The number of nitrogens with zero attached hydrogens (tertiary/aromatic N) is 3. The second-order valence-corrected chi connectivity index (χ2v) is 9.59. The SMILES string of the molecule is CS(=O)(=O)c1cccc(-c2nnc(C(=Nc3ccccc3Cl)C(O)=C(N)C(=O)O)s2)c1. The molecule has 160 valence electrons. The number of carbonyl (C=O) groups is 1. The molecule has 2 aromatic carbocycles. The highest BCUT2D eigenvalue weighted by Gasteiger charge is 2.22. The van der Waals surface area contributed by atoms with E-state index in [2.05, 4.69) is 15.2 Å². The van der Waals surface area contributed by atoms with Gasteiger partial charge in [0.25, 0.3) is 0 Å². The van der Waals surface area contributed by atoms with E-state index in [0.717, 1.165) is 17.6 Å². The lowest BCUT2D eigenvalue weighted by Crippen LogP contribution is -2.18. The lowest BCUT2D eigenvalue weighted by atomic mass is 10.2. The number of carboxylic acids is 1. The Morgan fingerprint density at radius 2 is 1.84 bits per heavy atom. The number of nitrogens with two attached hydrogens (primary N) is 1. The molecule has 0 unspecified atom stereocenters. The smallest absolute Gasteiger partial charge is 0.355 e. The molecule has 0 spiro atoms. The number of aliphatic carboxylic acids is 1. The standard InChI is InChI=1S/C19H15ClN4O5S2/c1-31(28,29)11-6-4-5-10(9-11)17-23-24-18(30-17)15(16(25)14(21)19(26)27)22-13-8-3-2-7-12(13)20/h2-9,25H,21H2,1H3,(H,26,27). The van der Waals surface area contributed by atoms with Crippen molar-refractivity contribution in [1.82, 2.24) is 10.2 Å². The van der Waals surface area contributed by atoms with E-state index in [1.807, 2.05) is 0 Å². The molecular formula is C19H15ClN4O5S2. The van der Waals surface area contributed by atoms with Gasteiger partial charge in [-0.25, -0.2) is 18.2 Å².